The SMILES string of the molecule is CC(C)C[C@H](NC(=O)[C@H](C)N)C(=O)Nc1ccn([C@@H]2CO[C@H](CO)O2)c(=O)n1. The van der Waals surface area contributed by atoms with E-state index in [0.717, 1.165) is 0 Å². The van der Waals surface area contributed by atoms with Crippen molar-refractivity contribution in [3.8, 4) is 0 Å². The third-order valence-electron chi connectivity index (χ3n) is 4.03. The molecule has 0 aliphatic carbocycles. The number of carbonyl (C=O) groups excluding carboxylic acids is 2. The summed E-state index contributed by atoms with van der Waals surface area (Å²) in [5.74, 6) is -0.745. The maximum Gasteiger partial charge on any atom is 0.351 e. The van der Waals surface area contributed by atoms with Gasteiger partial charge < -0.3 is 30.9 Å². The molecule has 2 amide bonds. The number of nitrogens with zero attached hydrogens (tertiary/aromatic N) is 2. The summed E-state index contributed by atoms with van der Waals surface area (Å²) in [5, 5.41) is 14.2. The summed E-state index contributed by atoms with van der Waals surface area (Å²) in [5.41, 5.74) is 4.90. The van der Waals surface area contributed by atoms with Crippen LogP contribution in [0, 0.1) is 5.92 Å². The molecule has 2 rings (SSSR count). The molecule has 5 N–H and O–H groups in total. The normalized spacial score (nSPS) is 21.4. The van der Waals surface area contributed by atoms with E-state index < -0.39 is 42.1 Å². The van der Waals surface area contributed by atoms with Crippen LogP contribution in [0.3, 0.4) is 0 Å². The molecule has 0 spiro atoms. The number of nitrogens with two attached hydrogens (primary N) is 1. The first-order valence-electron chi connectivity index (χ1n) is 9.05. The van der Waals surface area contributed by atoms with Crippen LogP contribution in [0.2, 0.25) is 0 Å². The first-order chi connectivity index (χ1) is 13.2. The summed E-state index contributed by atoms with van der Waals surface area (Å²) in [6.45, 7) is 5.13. The lowest BCUT2D eigenvalue weighted by Crippen LogP contribution is -2.49. The monoisotopic (exact) mass is 397 g/mol. The lowest BCUT2D eigenvalue weighted by molar-refractivity contribution is -0.127. The molecule has 1 aliphatic rings. The molecule has 4 atom stereocenters. The average molecular weight is 397 g/mol. The molecule has 0 aromatic carbocycles. The van der Waals surface area contributed by atoms with Crippen LogP contribution < -0.4 is 22.1 Å². The van der Waals surface area contributed by atoms with Gasteiger partial charge in [-0.2, -0.15) is 4.98 Å². The first kappa shape index (κ1) is 22.0. The Kier molecular flexibility index (Phi) is 7.63. The highest BCUT2D eigenvalue weighted by Gasteiger charge is 2.28. The highest BCUT2D eigenvalue weighted by atomic mass is 16.7. The largest absolute Gasteiger partial charge is 0.391 e. The quantitative estimate of drug-likeness (QED) is 0.431. The van der Waals surface area contributed by atoms with Crippen molar-refractivity contribution in [1.82, 2.24) is 14.9 Å². The van der Waals surface area contributed by atoms with Crippen molar-refractivity contribution in [3.63, 3.8) is 0 Å². The number of ether oxygens (including phenoxy) is 2. The van der Waals surface area contributed by atoms with Crippen LogP contribution in [-0.2, 0) is 19.1 Å². The topological polar surface area (TPSA) is 158 Å². The van der Waals surface area contributed by atoms with Gasteiger partial charge in [-0.25, -0.2) is 4.79 Å². The van der Waals surface area contributed by atoms with Crippen molar-refractivity contribution in [2.24, 2.45) is 11.7 Å². The van der Waals surface area contributed by atoms with E-state index >= 15 is 0 Å². The Morgan fingerprint density at radius 2 is 2.11 bits per heavy atom. The predicted molar refractivity (Wildman–Crippen MR) is 99.1 cm³/mol. The Bertz CT molecular complexity index is 750. The summed E-state index contributed by atoms with van der Waals surface area (Å²) in [6, 6.07) is -0.116. The number of aliphatic hydroxyl groups excluding tert-OH is 1. The van der Waals surface area contributed by atoms with E-state index in [1.165, 1.54) is 23.8 Å². The minimum atomic E-state index is -0.806. The molecule has 2 heterocycles. The van der Waals surface area contributed by atoms with Crippen molar-refractivity contribution in [3.05, 3.63) is 22.7 Å². The van der Waals surface area contributed by atoms with Gasteiger partial charge >= 0.3 is 5.69 Å². The molecular weight excluding hydrogens is 370 g/mol. The van der Waals surface area contributed by atoms with Crippen molar-refractivity contribution >= 4 is 17.6 Å². The third kappa shape index (κ3) is 5.83. The van der Waals surface area contributed by atoms with E-state index in [9.17, 15) is 14.4 Å². The highest BCUT2D eigenvalue weighted by molar-refractivity contribution is 5.97. The van der Waals surface area contributed by atoms with Crippen molar-refractivity contribution in [2.75, 3.05) is 18.5 Å². The fourth-order valence-electron chi connectivity index (χ4n) is 2.61. The molecule has 11 nitrogen and oxygen atoms in total. The van der Waals surface area contributed by atoms with E-state index in [2.05, 4.69) is 15.6 Å². The first-order valence-corrected chi connectivity index (χ1v) is 9.05. The second kappa shape index (κ2) is 9.73. The number of hydrogen-bond donors (Lipinski definition) is 4. The lowest BCUT2D eigenvalue weighted by atomic mass is 10.0. The van der Waals surface area contributed by atoms with E-state index in [1.807, 2.05) is 13.8 Å². The Morgan fingerprint density at radius 1 is 1.39 bits per heavy atom. The Balaban J connectivity index is 2.08. The number of nitrogens with one attached hydrogen (secondary N) is 2. The molecule has 0 radical (unpaired) electrons. The zero-order valence-corrected chi connectivity index (χ0v) is 16.1. The van der Waals surface area contributed by atoms with Gasteiger partial charge in [0.25, 0.3) is 0 Å². The van der Waals surface area contributed by atoms with Crippen molar-refractivity contribution < 1.29 is 24.2 Å². The predicted octanol–water partition coefficient (Wildman–Crippen LogP) is -1.08. The van der Waals surface area contributed by atoms with Gasteiger partial charge in [0.2, 0.25) is 11.8 Å². The van der Waals surface area contributed by atoms with Gasteiger partial charge in [-0.15, -0.1) is 0 Å². The summed E-state index contributed by atoms with van der Waals surface area (Å²) in [4.78, 5) is 40.5. The standard InChI is InChI=1S/C17H27N5O6/c1-9(2)6-11(19-15(24)10(3)18)16(25)20-12-4-5-22(17(26)21-12)13-8-27-14(7-23)28-13/h4-5,9-11,13-14,23H,6-8,18H2,1-3H3,(H,19,24)(H,20,21,25,26)/t10-,11-,13-,14-/m0/s1. The number of aliphatic hydroxyl groups is 1. The number of anilines is 1. The van der Waals surface area contributed by atoms with Gasteiger partial charge in [0.1, 0.15) is 11.9 Å². The van der Waals surface area contributed by atoms with Crippen LogP contribution in [0.15, 0.2) is 17.1 Å². The molecule has 0 unspecified atom stereocenters. The Hall–Kier alpha value is -2.34. The molecule has 11 heteroatoms. The number of rotatable bonds is 8. The van der Waals surface area contributed by atoms with Crippen LogP contribution in [0.5, 0.6) is 0 Å². The zero-order chi connectivity index (χ0) is 20.8. The fourth-order valence-corrected chi connectivity index (χ4v) is 2.61. The lowest BCUT2D eigenvalue weighted by Gasteiger charge is -2.21. The van der Waals surface area contributed by atoms with Gasteiger partial charge in [0.05, 0.1) is 19.3 Å². The molecular formula is C17H27N5O6. The molecule has 0 bridgehead atoms. The van der Waals surface area contributed by atoms with E-state index in [4.69, 9.17) is 20.3 Å². The number of carbonyl (C=O) groups is 2. The molecule has 1 aromatic heterocycles. The highest BCUT2D eigenvalue weighted by Crippen LogP contribution is 2.19. The molecule has 0 saturated carbocycles. The minimum Gasteiger partial charge on any atom is -0.391 e. The summed E-state index contributed by atoms with van der Waals surface area (Å²) in [7, 11) is 0. The molecule has 1 saturated heterocycles. The molecule has 156 valence electrons. The van der Waals surface area contributed by atoms with Crippen LogP contribution in [-0.4, -0.2) is 58.1 Å². The van der Waals surface area contributed by atoms with Gasteiger partial charge in [-0.3, -0.25) is 14.2 Å². The van der Waals surface area contributed by atoms with E-state index in [1.54, 1.807) is 0 Å². The van der Waals surface area contributed by atoms with Gasteiger partial charge in [-0.1, -0.05) is 13.8 Å². The minimum absolute atomic E-state index is 0.0488. The second-order valence-corrected chi connectivity index (χ2v) is 7.01. The third-order valence-corrected chi connectivity index (χ3v) is 4.03. The smallest absolute Gasteiger partial charge is 0.351 e. The summed E-state index contributed by atoms with van der Waals surface area (Å²) in [6.07, 6.45) is 0.316. The van der Waals surface area contributed by atoms with E-state index in [-0.39, 0.29) is 24.9 Å². The van der Waals surface area contributed by atoms with Crippen molar-refractivity contribution in [2.45, 2.75) is 51.8 Å². The molecule has 28 heavy (non-hydrogen) atoms. The molecule has 1 aromatic rings. The average Bonchev–Trinajstić information content (AvgIpc) is 3.09. The van der Waals surface area contributed by atoms with Crippen molar-refractivity contribution in [1.29, 1.82) is 0 Å². The van der Waals surface area contributed by atoms with Gasteiger partial charge in [-0.05, 0) is 25.3 Å². The van der Waals surface area contributed by atoms with Gasteiger partial charge in [0, 0.05) is 6.20 Å². The second-order valence-electron chi connectivity index (χ2n) is 7.01. The maximum atomic E-state index is 12.6. The maximum absolute atomic E-state index is 12.6. The Labute approximate surface area is 162 Å². The molecule has 1 aliphatic heterocycles. The van der Waals surface area contributed by atoms with Gasteiger partial charge in [0.15, 0.2) is 12.5 Å². The van der Waals surface area contributed by atoms with E-state index in [0.29, 0.717) is 6.42 Å². The van der Waals surface area contributed by atoms with Crippen LogP contribution >= 0.6 is 0 Å². The van der Waals surface area contributed by atoms with Crippen LogP contribution in [0.4, 0.5) is 5.82 Å². The zero-order valence-electron chi connectivity index (χ0n) is 16.1. The van der Waals surface area contributed by atoms with Crippen LogP contribution in [0.1, 0.15) is 33.4 Å². The summed E-state index contributed by atoms with van der Waals surface area (Å²) >= 11 is 0. The number of amides is 2. The number of aromatic nitrogens is 2. The number of hydrogen-bond acceptors (Lipinski definition) is 8. The summed E-state index contributed by atoms with van der Waals surface area (Å²) < 4.78 is 11.7. The van der Waals surface area contributed by atoms with Crippen LogP contribution in [0.25, 0.3) is 0 Å². The Morgan fingerprint density at radius 3 is 2.64 bits per heavy atom. The fraction of sp³-hybridized carbons (Fsp3) is 0.647. The molecule has 1 fully saturated rings.